The van der Waals surface area contributed by atoms with Gasteiger partial charge in [-0.25, -0.2) is 0 Å². The van der Waals surface area contributed by atoms with Crippen LogP contribution in [0.15, 0.2) is 0 Å². The molecule has 4 nitrogen and oxygen atoms in total. The molecular weight excluding hydrogens is 156 g/mol. The Morgan fingerprint density at radius 3 is 2.83 bits per heavy atom. The molecule has 1 saturated heterocycles. The molecule has 1 heterocycles. The Labute approximate surface area is 72.6 Å². The molecule has 2 unspecified atom stereocenters. The summed E-state index contributed by atoms with van der Waals surface area (Å²) in [6.07, 6.45) is 1.05. The molecule has 2 N–H and O–H groups in total. The first-order chi connectivity index (χ1) is 5.59. The summed E-state index contributed by atoms with van der Waals surface area (Å²) in [6, 6.07) is 0.914. The second-order valence-electron chi connectivity index (χ2n) is 3.50. The Morgan fingerprint density at radius 2 is 2.42 bits per heavy atom. The lowest BCUT2D eigenvalue weighted by molar-refractivity contribution is -0.136. The number of likely N-dealkylation sites (tertiary alicyclic amines) is 1. The van der Waals surface area contributed by atoms with Gasteiger partial charge < -0.3 is 15.3 Å². The number of hydrogen-bond acceptors (Lipinski definition) is 3. The van der Waals surface area contributed by atoms with Gasteiger partial charge in [-0.05, 0) is 20.4 Å². The van der Waals surface area contributed by atoms with Crippen molar-refractivity contribution in [1.82, 2.24) is 10.2 Å². The van der Waals surface area contributed by atoms with E-state index in [4.69, 9.17) is 5.11 Å². The smallest absolute Gasteiger partial charge is 0.317 e. The number of carbonyl (C=O) groups is 1. The van der Waals surface area contributed by atoms with Crippen LogP contribution in [0.25, 0.3) is 0 Å². The maximum Gasteiger partial charge on any atom is 0.317 e. The third-order valence-corrected chi connectivity index (χ3v) is 2.43. The third-order valence-electron chi connectivity index (χ3n) is 2.43. The van der Waals surface area contributed by atoms with Crippen molar-refractivity contribution in [2.24, 2.45) is 0 Å². The molecule has 4 heteroatoms. The van der Waals surface area contributed by atoms with E-state index in [9.17, 15) is 4.79 Å². The fourth-order valence-electron chi connectivity index (χ4n) is 1.57. The van der Waals surface area contributed by atoms with Crippen LogP contribution >= 0.6 is 0 Å². The van der Waals surface area contributed by atoms with Crippen molar-refractivity contribution in [3.63, 3.8) is 0 Å². The van der Waals surface area contributed by atoms with Gasteiger partial charge in [-0.2, -0.15) is 0 Å². The van der Waals surface area contributed by atoms with Crippen LogP contribution in [0.1, 0.15) is 13.3 Å². The molecule has 12 heavy (non-hydrogen) atoms. The van der Waals surface area contributed by atoms with Crippen molar-refractivity contribution in [2.45, 2.75) is 25.4 Å². The molecule has 1 aliphatic rings. The molecule has 0 spiro atoms. The quantitative estimate of drug-likeness (QED) is 0.616. The summed E-state index contributed by atoms with van der Waals surface area (Å²) in [7, 11) is 2.06. The number of carboxylic acid groups (broad SMARTS) is 1. The van der Waals surface area contributed by atoms with Crippen LogP contribution in [0.3, 0.4) is 0 Å². The average molecular weight is 172 g/mol. The van der Waals surface area contributed by atoms with Crippen molar-refractivity contribution in [2.75, 3.05) is 20.1 Å². The van der Waals surface area contributed by atoms with Gasteiger partial charge in [0, 0.05) is 18.6 Å². The highest BCUT2D eigenvalue weighted by molar-refractivity contribution is 5.69. The van der Waals surface area contributed by atoms with Gasteiger partial charge in [-0.3, -0.25) is 4.79 Å². The Hall–Kier alpha value is -0.610. The van der Waals surface area contributed by atoms with Crippen molar-refractivity contribution in [3.05, 3.63) is 0 Å². The lowest BCUT2D eigenvalue weighted by Crippen LogP contribution is -2.35. The number of nitrogens with zero attached hydrogens (tertiary/aromatic N) is 1. The van der Waals surface area contributed by atoms with Crippen LogP contribution in [-0.4, -0.2) is 48.2 Å². The monoisotopic (exact) mass is 172 g/mol. The average Bonchev–Trinajstić information content (AvgIpc) is 2.28. The van der Waals surface area contributed by atoms with Crippen LogP contribution in [-0.2, 0) is 4.79 Å². The molecule has 1 rings (SSSR count). The molecule has 0 aromatic heterocycles. The van der Waals surface area contributed by atoms with Crippen LogP contribution < -0.4 is 5.32 Å². The van der Waals surface area contributed by atoms with E-state index in [1.165, 1.54) is 0 Å². The molecular formula is C8H16N2O2. The molecule has 0 radical (unpaired) electrons. The van der Waals surface area contributed by atoms with Gasteiger partial charge in [-0.1, -0.05) is 0 Å². The SMILES string of the molecule is CC1CC(NCC(=O)O)CN1C. The van der Waals surface area contributed by atoms with Crippen LogP contribution in [0.2, 0.25) is 0 Å². The summed E-state index contributed by atoms with van der Waals surface area (Å²) in [4.78, 5) is 12.5. The summed E-state index contributed by atoms with van der Waals surface area (Å²) in [5.41, 5.74) is 0. The number of likely N-dealkylation sites (N-methyl/N-ethyl adjacent to an activating group) is 1. The third kappa shape index (κ3) is 2.46. The Balaban J connectivity index is 2.23. The second-order valence-corrected chi connectivity index (χ2v) is 3.50. The molecule has 0 aliphatic carbocycles. The molecule has 70 valence electrons. The molecule has 2 atom stereocenters. The predicted molar refractivity (Wildman–Crippen MR) is 46.1 cm³/mol. The summed E-state index contributed by atoms with van der Waals surface area (Å²) >= 11 is 0. The highest BCUT2D eigenvalue weighted by Crippen LogP contribution is 2.14. The summed E-state index contributed by atoms with van der Waals surface area (Å²) in [6.45, 7) is 3.18. The summed E-state index contributed by atoms with van der Waals surface area (Å²) in [5.74, 6) is -0.780. The van der Waals surface area contributed by atoms with E-state index < -0.39 is 5.97 Å². The normalized spacial score (nSPS) is 30.8. The van der Waals surface area contributed by atoms with Crippen molar-refractivity contribution in [3.8, 4) is 0 Å². The summed E-state index contributed by atoms with van der Waals surface area (Å²) in [5, 5.41) is 11.4. The first-order valence-electron chi connectivity index (χ1n) is 4.25. The van der Waals surface area contributed by atoms with Gasteiger partial charge in [0.2, 0.25) is 0 Å². The lowest BCUT2D eigenvalue weighted by atomic mass is 10.2. The Bertz CT molecular complexity index is 162. The minimum atomic E-state index is -0.780. The molecule has 0 aromatic carbocycles. The molecule has 0 saturated carbocycles. The van der Waals surface area contributed by atoms with Gasteiger partial charge in [0.05, 0.1) is 6.54 Å². The van der Waals surface area contributed by atoms with Gasteiger partial charge in [0.15, 0.2) is 0 Å². The zero-order chi connectivity index (χ0) is 9.14. The zero-order valence-corrected chi connectivity index (χ0v) is 7.58. The fourth-order valence-corrected chi connectivity index (χ4v) is 1.57. The van der Waals surface area contributed by atoms with E-state index >= 15 is 0 Å². The highest BCUT2D eigenvalue weighted by atomic mass is 16.4. The van der Waals surface area contributed by atoms with Gasteiger partial charge in [0.1, 0.15) is 0 Å². The zero-order valence-electron chi connectivity index (χ0n) is 7.58. The van der Waals surface area contributed by atoms with Crippen LogP contribution in [0.5, 0.6) is 0 Å². The number of rotatable bonds is 3. The van der Waals surface area contributed by atoms with E-state index in [0.29, 0.717) is 12.1 Å². The highest BCUT2D eigenvalue weighted by Gasteiger charge is 2.25. The number of carboxylic acids is 1. The number of aliphatic carboxylic acids is 1. The van der Waals surface area contributed by atoms with Gasteiger partial charge >= 0.3 is 5.97 Å². The fraction of sp³-hybridized carbons (Fsp3) is 0.875. The second kappa shape index (κ2) is 3.87. The lowest BCUT2D eigenvalue weighted by Gasteiger charge is -2.12. The molecule has 1 fully saturated rings. The van der Waals surface area contributed by atoms with E-state index in [1.54, 1.807) is 0 Å². The van der Waals surface area contributed by atoms with Gasteiger partial charge in [0.25, 0.3) is 0 Å². The molecule has 0 amide bonds. The van der Waals surface area contributed by atoms with Crippen LogP contribution in [0, 0.1) is 0 Å². The maximum absolute atomic E-state index is 10.2. The van der Waals surface area contributed by atoms with Crippen LogP contribution in [0.4, 0.5) is 0 Å². The summed E-state index contributed by atoms with van der Waals surface area (Å²) < 4.78 is 0. The standard InChI is InChI=1S/C8H16N2O2/c1-6-3-7(5-10(6)2)9-4-8(11)12/h6-7,9H,3-5H2,1-2H3,(H,11,12). The Kier molecular flexibility index (Phi) is 3.05. The Morgan fingerprint density at radius 1 is 1.75 bits per heavy atom. The number of hydrogen-bond donors (Lipinski definition) is 2. The predicted octanol–water partition coefficient (Wildman–Crippen LogP) is -0.247. The van der Waals surface area contributed by atoms with E-state index in [2.05, 4.69) is 24.2 Å². The minimum absolute atomic E-state index is 0.0746. The number of nitrogens with one attached hydrogen (secondary N) is 1. The van der Waals surface area contributed by atoms with E-state index in [0.717, 1.165) is 13.0 Å². The topological polar surface area (TPSA) is 52.6 Å². The largest absolute Gasteiger partial charge is 0.480 e. The van der Waals surface area contributed by atoms with Crippen molar-refractivity contribution >= 4 is 5.97 Å². The molecule has 0 bridgehead atoms. The molecule has 1 aliphatic heterocycles. The maximum atomic E-state index is 10.2. The first kappa shape index (κ1) is 9.48. The van der Waals surface area contributed by atoms with E-state index in [1.807, 2.05) is 0 Å². The first-order valence-corrected chi connectivity index (χ1v) is 4.25. The minimum Gasteiger partial charge on any atom is -0.480 e. The van der Waals surface area contributed by atoms with Crippen molar-refractivity contribution < 1.29 is 9.90 Å². The molecule has 0 aromatic rings. The van der Waals surface area contributed by atoms with Gasteiger partial charge in [-0.15, -0.1) is 0 Å². The van der Waals surface area contributed by atoms with E-state index in [-0.39, 0.29) is 6.54 Å². The van der Waals surface area contributed by atoms with Crippen molar-refractivity contribution in [1.29, 1.82) is 0 Å².